The number of carbonyl (C=O) groups is 1. The highest BCUT2D eigenvalue weighted by atomic mass is 35.5. The number of aromatic nitrogens is 2. The first-order valence-electron chi connectivity index (χ1n) is 8.17. The maximum absolute atomic E-state index is 12.5. The highest BCUT2D eigenvalue weighted by molar-refractivity contribution is 5.94. The molecule has 1 aromatic heterocycles. The van der Waals surface area contributed by atoms with Crippen molar-refractivity contribution in [3.8, 4) is 11.5 Å². The van der Waals surface area contributed by atoms with E-state index >= 15 is 0 Å². The molecule has 2 aromatic rings. The van der Waals surface area contributed by atoms with Crippen molar-refractivity contribution >= 4 is 18.3 Å². The van der Waals surface area contributed by atoms with Crippen LogP contribution in [0.2, 0.25) is 0 Å². The van der Waals surface area contributed by atoms with Crippen molar-refractivity contribution in [3.05, 3.63) is 35.7 Å². The molecule has 1 saturated heterocycles. The van der Waals surface area contributed by atoms with Gasteiger partial charge < -0.3 is 14.7 Å². The van der Waals surface area contributed by atoms with Gasteiger partial charge in [0.25, 0.3) is 11.8 Å². The molecule has 1 aromatic carbocycles. The summed E-state index contributed by atoms with van der Waals surface area (Å²) in [6, 6.07) is 7.77. The minimum absolute atomic E-state index is 0. The summed E-state index contributed by atoms with van der Waals surface area (Å²) >= 11 is 0. The van der Waals surface area contributed by atoms with Crippen LogP contribution in [0.25, 0.3) is 11.5 Å². The summed E-state index contributed by atoms with van der Waals surface area (Å²) in [4.78, 5) is 18.9. The summed E-state index contributed by atoms with van der Waals surface area (Å²) in [5, 5.41) is 7.37. The minimum Gasteiger partial charge on any atom is -0.336 e. The fourth-order valence-corrected chi connectivity index (χ4v) is 2.91. The molecule has 1 amide bonds. The van der Waals surface area contributed by atoms with Crippen LogP contribution in [0.4, 0.5) is 0 Å². The van der Waals surface area contributed by atoms with Crippen LogP contribution in [0.5, 0.6) is 0 Å². The number of rotatable bonds is 3. The van der Waals surface area contributed by atoms with Crippen LogP contribution < -0.4 is 5.32 Å². The van der Waals surface area contributed by atoms with E-state index in [1.165, 1.54) is 0 Å². The summed E-state index contributed by atoms with van der Waals surface area (Å²) in [7, 11) is 0. The highest BCUT2D eigenvalue weighted by Crippen LogP contribution is 2.38. The predicted molar refractivity (Wildman–Crippen MR) is 92.3 cm³/mol. The van der Waals surface area contributed by atoms with Crippen LogP contribution in [0.1, 0.15) is 41.9 Å². The van der Waals surface area contributed by atoms with E-state index in [0.717, 1.165) is 43.9 Å². The zero-order valence-corrected chi connectivity index (χ0v) is 14.4. The fraction of sp³-hybridized carbons (Fsp3) is 0.471. The van der Waals surface area contributed by atoms with Crippen molar-refractivity contribution < 1.29 is 9.32 Å². The molecule has 1 N–H and O–H groups in total. The Labute approximate surface area is 147 Å². The lowest BCUT2D eigenvalue weighted by atomic mass is 10.1. The molecular weight excluding hydrogens is 328 g/mol. The molecule has 0 bridgehead atoms. The van der Waals surface area contributed by atoms with Crippen LogP contribution in [0.3, 0.4) is 0 Å². The van der Waals surface area contributed by atoms with Gasteiger partial charge in [0.15, 0.2) is 5.82 Å². The highest BCUT2D eigenvalue weighted by Gasteiger charge is 2.29. The molecule has 1 unspecified atom stereocenters. The van der Waals surface area contributed by atoms with Crippen molar-refractivity contribution in [2.75, 3.05) is 19.6 Å². The van der Waals surface area contributed by atoms with E-state index in [0.29, 0.717) is 23.4 Å². The third-order valence-corrected chi connectivity index (χ3v) is 4.42. The van der Waals surface area contributed by atoms with Gasteiger partial charge in [0.05, 0.1) is 0 Å². The molecule has 1 aliphatic carbocycles. The second-order valence-corrected chi connectivity index (χ2v) is 6.42. The van der Waals surface area contributed by atoms with Gasteiger partial charge in [-0.2, -0.15) is 4.98 Å². The Morgan fingerprint density at radius 3 is 2.71 bits per heavy atom. The number of nitrogens with one attached hydrogen (secondary N) is 1. The molecule has 24 heavy (non-hydrogen) atoms. The molecule has 2 aliphatic rings. The van der Waals surface area contributed by atoms with Crippen LogP contribution in [0, 0.1) is 0 Å². The monoisotopic (exact) mass is 348 g/mol. The number of benzene rings is 1. The van der Waals surface area contributed by atoms with E-state index in [1.807, 2.05) is 29.2 Å². The molecule has 128 valence electrons. The summed E-state index contributed by atoms with van der Waals surface area (Å²) in [6.07, 6.45) is 2.30. The van der Waals surface area contributed by atoms with Crippen LogP contribution in [0.15, 0.2) is 28.8 Å². The molecule has 7 heteroatoms. The number of nitrogens with zero attached hydrogens (tertiary/aromatic N) is 3. The molecular formula is C17H21ClN4O2. The Bertz CT molecular complexity index is 712. The number of carbonyl (C=O) groups excluding carboxylic acids is 1. The van der Waals surface area contributed by atoms with Gasteiger partial charge in [-0.3, -0.25) is 4.79 Å². The topological polar surface area (TPSA) is 71.3 Å². The van der Waals surface area contributed by atoms with E-state index in [4.69, 9.17) is 4.52 Å². The van der Waals surface area contributed by atoms with Gasteiger partial charge in [-0.15, -0.1) is 12.4 Å². The van der Waals surface area contributed by atoms with Crippen molar-refractivity contribution in [2.24, 2.45) is 0 Å². The Morgan fingerprint density at radius 1 is 1.29 bits per heavy atom. The van der Waals surface area contributed by atoms with Crippen molar-refractivity contribution in [2.45, 2.75) is 31.7 Å². The smallest absolute Gasteiger partial charge is 0.257 e. The number of amides is 1. The molecule has 0 spiro atoms. The number of halogens is 1. The third kappa shape index (κ3) is 3.44. The average Bonchev–Trinajstić information content (AvgIpc) is 3.32. The first kappa shape index (κ1) is 16.9. The van der Waals surface area contributed by atoms with Gasteiger partial charge in [0, 0.05) is 42.7 Å². The minimum atomic E-state index is 0. The normalized spacial score (nSPS) is 20.5. The van der Waals surface area contributed by atoms with Crippen molar-refractivity contribution in [1.29, 1.82) is 0 Å². The predicted octanol–water partition coefficient (Wildman–Crippen LogP) is 2.47. The Morgan fingerprint density at radius 2 is 2.04 bits per heavy atom. The van der Waals surface area contributed by atoms with Gasteiger partial charge >= 0.3 is 0 Å². The Balaban J connectivity index is 0.00000169. The Hall–Kier alpha value is -1.92. The van der Waals surface area contributed by atoms with Crippen molar-refractivity contribution in [1.82, 2.24) is 20.4 Å². The van der Waals surface area contributed by atoms with Crippen molar-refractivity contribution in [3.63, 3.8) is 0 Å². The second kappa shape index (κ2) is 6.91. The maximum Gasteiger partial charge on any atom is 0.257 e. The van der Waals surface area contributed by atoms with E-state index in [9.17, 15) is 4.79 Å². The van der Waals surface area contributed by atoms with E-state index in [-0.39, 0.29) is 18.3 Å². The van der Waals surface area contributed by atoms with Crippen LogP contribution in [-0.2, 0) is 0 Å². The van der Waals surface area contributed by atoms with Gasteiger partial charge in [-0.25, -0.2) is 0 Å². The van der Waals surface area contributed by atoms with Gasteiger partial charge in [-0.1, -0.05) is 5.16 Å². The molecule has 1 saturated carbocycles. The van der Waals surface area contributed by atoms with Crippen LogP contribution in [-0.4, -0.2) is 46.6 Å². The molecule has 4 rings (SSSR count). The summed E-state index contributed by atoms with van der Waals surface area (Å²) in [5.41, 5.74) is 1.56. The maximum atomic E-state index is 12.5. The van der Waals surface area contributed by atoms with Gasteiger partial charge in [0.1, 0.15) is 0 Å². The lowest BCUT2D eigenvalue weighted by Gasteiger charge is -2.32. The summed E-state index contributed by atoms with van der Waals surface area (Å²) in [5.74, 6) is 1.88. The van der Waals surface area contributed by atoms with E-state index in [1.54, 1.807) is 0 Å². The van der Waals surface area contributed by atoms with E-state index in [2.05, 4.69) is 22.4 Å². The second-order valence-electron chi connectivity index (χ2n) is 6.42. The first-order valence-corrected chi connectivity index (χ1v) is 8.17. The first-order chi connectivity index (χ1) is 11.2. The molecule has 0 radical (unpaired) electrons. The molecule has 1 atom stereocenters. The lowest BCUT2D eigenvalue weighted by Crippen LogP contribution is -2.51. The fourth-order valence-electron chi connectivity index (χ4n) is 2.91. The Kier molecular flexibility index (Phi) is 4.87. The lowest BCUT2D eigenvalue weighted by molar-refractivity contribution is 0.0709. The quantitative estimate of drug-likeness (QED) is 0.922. The van der Waals surface area contributed by atoms with Crippen LogP contribution >= 0.6 is 12.4 Å². The molecule has 2 heterocycles. The third-order valence-electron chi connectivity index (χ3n) is 4.42. The zero-order valence-electron chi connectivity index (χ0n) is 13.6. The zero-order chi connectivity index (χ0) is 15.8. The molecule has 1 aliphatic heterocycles. The number of hydrogen-bond acceptors (Lipinski definition) is 5. The van der Waals surface area contributed by atoms with Gasteiger partial charge in [0.2, 0.25) is 0 Å². The van der Waals surface area contributed by atoms with E-state index < -0.39 is 0 Å². The largest absolute Gasteiger partial charge is 0.336 e. The number of piperazine rings is 1. The summed E-state index contributed by atoms with van der Waals surface area (Å²) < 4.78 is 5.32. The SMILES string of the molecule is CC1CN(C(=O)c2ccc(-c3nc(C4CC4)no3)cc2)CCN1.Cl. The molecule has 6 nitrogen and oxygen atoms in total. The summed E-state index contributed by atoms with van der Waals surface area (Å²) in [6.45, 7) is 4.43. The van der Waals surface area contributed by atoms with Gasteiger partial charge in [-0.05, 0) is 44.0 Å². The number of hydrogen-bond donors (Lipinski definition) is 1. The standard InChI is InChI=1S/C17H20N4O2.ClH/c1-11-10-21(9-8-18-11)17(22)14-6-4-13(5-7-14)16-19-15(20-23-16)12-2-3-12;/h4-7,11-12,18H,2-3,8-10H2,1H3;1H. The molecule has 2 fully saturated rings. The average molecular weight is 349 g/mol.